The maximum absolute atomic E-state index is 11.9. The molecular weight excluding hydrogens is 302 g/mol. The molecule has 0 spiro atoms. The van der Waals surface area contributed by atoms with Crippen LogP contribution in [-0.4, -0.2) is 63.4 Å². The summed E-state index contributed by atoms with van der Waals surface area (Å²) in [4.78, 5) is 35.2. The van der Waals surface area contributed by atoms with E-state index in [9.17, 15) is 14.4 Å². The highest BCUT2D eigenvalue weighted by Gasteiger charge is 2.12. The number of amides is 2. The molecule has 0 aliphatic rings. The van der Waals surface area contributed by atoms with Gasteiger partial charge in [-0.1, -0.05) is 18.1 Å². The summed E-state index contributed by atoms with van der Waals surface area (Å²) < 4.78 is 1.32. The second-order valence-electron chi connectivity index (χ2n) is 5.40. The Balaban J connectivity index is 2.24. The predicted molar refractivity (Wildman–Crippen MR) is 81.8 cm³/mol. The lowest BCUT2D eigenvalue weighted by molar-refractivity contribution is -0.137. The van der Waals surface area contributed by atoms with E-state index in [1.165, 1.54) is 15.8 Å². The summed E-state index contributed by atoms with van der Waals surface area (Å²) in [5.41, 5.74) is 0.169. The van der Waals surface area contributed by atoms with Gasteiger partial charge in [0, 0.05) is 27.1 Å². The van der Waals surface area contributed by atoms with E-state index in [4.69, 9.17) is 5.11 Å². The van der Waals surface area contributed by atoms with Gasteiger partial charge in [0.25, 0.3) is 5.91 Å². The van der Waals surface area contributed by atoms with Crippen LogP contribution in [0.4, 0.5) is 0 Å². The average Bonchev–Trinajstić information content (AvgIpc) is 2.94. The zero-order chi connectivity index (χ0) is 17.2. The number of carbonyl (C=O) groups excluding carboxylic acids is 2. The quantitative estimate of drug-likeness (QED) is 0.591. The third kappa shape index (κ3) is 7.39. The van der Waals surface area contributed by atoms with Gasteiger partial charge in [-0.2, -0.15) is 0 Å². The Kier molecular flexibility index (Phi) is 7.72. The van der Waals surface area contributed by atoms with Gasteiger partial charge in [0.15, 0.2) is 5.69 Å². The Labute approximate surface area is 134 Å². The zero-order valence-electron chi connectivity index (χ0n) is 13.5. The lowest BCUT2D eigenvalue weighted by Crippen LogP contribution is -2.26. The van der Waals surface area contributed by atoms with Gasteiger partial charge in [0.05, 0.1) is 6.20 Å². The van der Waals surface area contributed by atoms with Crippen molar-refractivity contribution in [2.45, 2.75) is 38.6 Å². The number of likely N-dealkylation sites (N-methyl/N-ethyl adjacent to an activating group) is 1. The van der Waals surface area contributed by atoms with Crippen LogP contribution in [0.1, 0.15) is 42.6 Å². The van der Waals surface area contributed by atoms with Crippen molar-refractivity contribution in [2.75, 3.05) is 20.6 Å². The molecule has 0 radical (unpaired) electrons. The standard InChI is InChI=1S/C14H23N5O4/c1-18(2)12(20)10-19-9-11(16-17-19)14(23)15-8-6-4-3-5-7-13(21)22/h9H,3-8,10H2,1-2H3,(H,15,23)(H,21,22). The van der Waals surface area contributed by atoms with Crippen LogP contribution in [-0.2, 0) is 16.1 Å². The number of hydrogen-bond acceptors (Lipinski definition) is 5. The van der Waals surface area contributed by atoms with Crippen molar-refractivity contribution in [3.8, 4) is 0 Å². The largest absolute Gasteiger partial charge is 0.481 e. The summed E-state index contributed by atoms with van der Waals surface area (Å²) >= 11 is 0. The van der Waals surface area contributed by atoms with E-state index in [0.29, 0.717) is 13.0 Å². The molecule has 9 heteroatoms. The van der Waals surface area contributed by atoms with Crippen LogP contribution in [0.5, 0.6) is 0 Å². The summed E-state index contributed by atoms with van der Waals surface area (Å²) in [6.45, 7) is 0.534. The molecule has 0 fully saturated rings. The maximum atomic E-state index is 11.9. The first-order chi connectivity index (χ1) is 10.9. The maximum Gasteiger partial charge on any atom is 0.303 e. The molecule has 0 aliphatic heterocycles. The van der Waals surface area contributed by atoms with Crippen LogP contribution < -0.4 is 5.32 Å². The number of aliphatic carboxylic acids is 1. The van der Waals surface area contributed by atoms with Crippen LogP contribution in [0.25, 0.3) is 0 Å². The SMILES string of the molecule is CN(C)C(=O)Cn1cc(C(=O)NCCCCCCC(=O)O)nn1. The molecule has 0 unspecified atom stereocenters. The van der Waals surface area contributed by atoms with E-state index in [2.05, 4.69) is 15.6 Å². The summed E-state index contributed by atoms with van der Waals surface area (Å²) in [6, 6.07) is 0. The van der Waals surface area contributed by atoms with Gasteiger partial charge in [-0.05, 0) is 12.8 Å². The molecule has 1 aromatic heterocycles. The summed E-state index contributed by atoms with van der Waals surface area (Å²) in [5, 5.41) is 18.7. The number of aromatic nitrogens is 3. The minimum absolute atomic E-state index is 0.0385. The minimum Gasteiger partial charge on any atom is -0.481 e. The number of unbranched alkanes of at least 4 members (excludes halogenated alkanes) is 3. The molecule has 0 bridgehead atoms. The van der Waals surface area contributed by atoms with E-state index in [0.717, 1.165) is 19.3 Å². The zero-order valence-corrected chi connectivity index (χ0v) is 13.5. The van der Waals surface area contributed by atoms with Crippen molar-refractivity contribution in [2.24, 2.45) is 0 Å². The third-order valence-electron chi connectivity index (χ3n) is 3.17. The van der Waals surface area contributed by atoms with Gasteiger partial charge < -0.3 is 15.3 Å². The monoisotopic (exact) mass is 325 g/mol. The lowest BCUT2D eigenvalue weighted by Gasteiger charge is -2.08. The highest BCUT2D eigenvalue weighted by Crippen LogP contribution is 2.02. The second kappa shape index (κ2) is 9.54. The van der Waals surface area contributed by atoms with E-state index >= 15 is 0 Å². The number of nitrogens with zero attached hydrogens (tertiary/aromatic N) is 4. The Hall–Kier alpha value is -2.45. The van der Waals surface area contributed by atoms with Crippen LogP contribution in [0.3, 0.4) is 0 Å². The van der Waals surface area contributed by atoms with Crippen LogP contribution >= 0.6 is 0 Å². The van der Waals surface area contributed by atoms with Gasteiger partial charge in [0.1, 0.15) is 6.54 Å². The summed E-state index contributed by atoms with van der Waals surface area (Å²) in [7, 11) is 3.28. The van der Waals surface area contributed by atoms with Crippen molar-refractivity contribution in [3.05, 3.63) is 11.9 Å². The molecule has 9 nitrogen and oxygen atoms in total. The van der Waals surface area contributed by atoms with Gasteiger partial charge in [-0.3, -0.25) is 14.4 Å². The highest BCUT2D eigenvalue weighted by atomic mass is 16.4. The molecule has 23 heavy (non-hydrogen) atoms. The normalized spacial score (nSPS) is 10.3. The van der Waals surface area contributed by atoms with Gasteiger partial charge in [0.2, 0.25) is 5.91 Å². The van der Waals surface area contributed by atoms with Gasteiger partial charge in [-0.25, -0.2) is 4.68 Å². The summed E-state index contributed by atoms with van der Waals surface area (Å²) in [6.07, 6.45) is 4.73. The van der Waals surface area contributed by atoms with E-state index in [-0.39, 0.29) is 30.5 Å². The van der Waals surface area contributed by atoms with E-state index in [1.807, 2.05) is 0 Å². The molecule has 0 saturated carbocycles. The number of carboxylic acid groups (broad SMARTS) is 1. The molecule has 0 atom stereocenters. The Bertz CT molecular complexity index is 541. The molecule has 0 saturated heterocycles. The fourth-order valence-corrected chi connectivity index (χ4v) is 1.81. The molecule has 0 aromatic carbocycles. The second-order valence-corrected chi connectivity index (χ2v) is 5.40. The Morgan fingerprint density at radius 2 is 1.91 bits per heavy atom. The first-order valence-corrected chi connectivity index (χ1v) is 7.50. The van der Waals surface area contributed by atoms with Crippen molar-refractivity contribution in [1.29, 1.82) is 0 Å². The van der Waals surface area contributed by atoms with Crippen LogP contribution in [0.2, 0.25) is 0 Å². The number of rotatable bonds is 10. The van der Waals surface area contributed by atoms with Crippen LogP contribution in [0, 0.1) is 0 Å². The molecule has 1 aromatic rings. The molecular formula is C14H23N5O4. The molecule has 2 amide bonds. The van der Waals surface area contributed by atoms with Gasteiger partial charge in [-0.15, -0.1) is 5.10 Å². The molecule has 2 N–H and O–H groups in total. The van der Waals surface area contributed by atoms with E-state index < -0.39 is 5.97 Å². The molecule has 0 aliphatic carbocycles. The Morgan fingerprint density at radius 1 is 1.22 bits per heavy atom. The van der Waals surface area contributed by atoms with Crippen molar-refractivity contribution in [3.63, 3.8) is 0 Å². The van der Waals surface area contributed by atoms with Crippen molar-refractivity contribution >= 4 is 17.8 Å². The predicted octanol–water partition coefficient (Wildman–Crippen LogP) is 0.131. The first kappa shape index (κ1) is 18.6. The molecule has 1 rings (SSSR count). The molecule has 1 heterocycles. The topological polar surface area (TPSA) is 117 Å². The fourth-order valence-electron chi connectivity index (χ4n) is 1.81. The average molecular weight is 325 g/mol. The van der Waals surface area contributed by atoms with Crippen molar-refractivity contribution < 1.29 is 19.5 Å². The summed E-state index contributed by atoms with van der Waals surface area (Å²) in [5.74, 6) is -1.25. The highest BCUT2D eigenvalue weighted by molar-refractivity contribution is 5.91. The van der Waals surface area contributed by atoms with Crippen LogP contribution in [0.15, 0.2) is 6.20 Å². The number of hydrogen-bond donors (Lipinski definition) is 2. The van der Waals surface area contributed by atoms with E-state index in [1.54, 1.807) is 14.1 Å². The molecule has 128 valence electrons. The smallest absolute Gasteiger partial charge is 0.303 e. The van der Waals surface area contributed by atoms with Gasteiger partial charge >= 0.3 is 5.97 Å². The minimum atomic E-state index is -0.783. The lowest BCUT2D eigenvalue weighted by atomic mass is 10.1. The third-order valence-corrected chi connectivity index (χ3v) is 3.17. The number of nitrogens with one attached hydrogen (secondary N) is 1. The Morgan fingerprint density at radius 3 is 2.57 bits per heavy atom. The first-order valence-electron chi connectivity index (χ1n) is 7.50. The number of carbonyl (C=O) groups is 3. The number of carboxylic acids is 1. The fraction of sp³-hybridized carbons (Fsp3) is 0.643. The van der Waals surface area contributed by atoms with Crippen molar-refractivity contribution in [1.82, 2.24) is 25.2 Å².